The summed E-state index contributed by atoms with van der Waals surface area (Å²) >= 11 is 3.52. The SMILES string of the molecule is CC(N)C1CCN(c2ccc(C(N)=O)cc2Br)CC1. The Morgan fingerprint density at radius 1 is 1.42 bits per heavy atom. The molecule has 104 valence electrons. The summed E-state index contributed by atoms with van der Waals surface area (Å²) < 4.78 is 0.919. The van der Waals surface area contributed by atoms with E-state index in [4.69, 9.17) is 11.5 Å². The topological polar surface area (TPSA) is 72.3 Å². The third-order valence-electron chi connectivity index (χ3n) is 3.86. The Morgan fingerprint density at radius 2 is 2.05 bits per heavy atom. The van der Waals surface area contributed by atoms with Crippen molar-refractivity contribution in [3.63, 3.8) is 0 Å². The second-order valence-electron chi connectivity index (χ2n) is 5.21. The van der Waals surface area contributed by atoms with Gasteiger partial charge in [0.2, 0.25) is 5.91 Å². The molecule has 4 N–H and O–H groups in total. The number of primary amides is 1. The lowest BCUT2D eigenvalue weighted by atomic mass is 9.90. The second-order valence-corrected chi connectivity index (χ2v) is 6.07. The fourth-order valence-electron chi connectivity index (χ4n) is 2.58. The first-order valence-corrected chi connectivity index (χ1v) is 7.38. The minimum atomic E-state index is -0.400. The van der Waals surface area contributed by atoms with Gasteiger partial charge in [-0.2, -0.15) is 0 Å². The molecule has 0 spiro atoms. The summed E-state index contributed by atoms with van der Waals surface area (Å²) in [5.74, 6) is 0.211. The number of benzene rings is 1. The van der Waals surface area contributed by atoms with Crippen LogP contribution in [0.3, 0.4) is 0 Å². The van der Waals surface area contributed by atoms with Crippen molar-refractivity contribution in [1.82, 2.24) is 0 Å². The van der Waals surface area contributed by atoms with Crippen molar-refractivity contribution in [3.8, 4) is 0 Å². The summed E-state index contributed by atoms with van der Waals surface area (Å²) in [6, 6.07) is 5.79. The van der Waals surface area contributed by atoms with E-state index in [0.717, 1.165) is 36.1 Å². The van der Waals surface area contributed by atoms with Crippen LogP contribution in [0.2, 0.25) is 0 Å². The van der Waals surface area contributed by atoms with Crippen molar-refractivity contribution in [2.75, 3.05) is 18.0 Å². The van der Waals surface area contributed by atoms with Crippen LogP contribution in [-0.2, 0) is 0 Å². The number of hydrogen-bond donors (Lipinski definition) is 2. The van der Waals surface area contributed by atoms with Gasteiger partial charge in [-0.25, -0.2) is 0 Å². The van der Waals surface area contributed by atoms with Gasteiger partial charge < -0.3 is 16.4 Å². The van der Waals surface area contributed by atoms with E-state index in [0.29, 0.717) is 11.5 Å². The number of halogens is 1. The predicted octanol–water partition coefficient (Wildman–Crippen LogP) is 2.11. The van der Waals surface area contributed by atoms with Crippen molar-refractivity contribution >= 4 is 27.5 Å². The summed E-state index contributed by atoms with van der Waals surface area (Å²) in [6.45, 7) is 4.08. The van der Waals surface area contributed by atoms with Crippen LogP contribution in [0.25, 0.3) is 0 Å². The molecule has 0 aliphatic carbocycles. The number of rotatable bonds is 3. The number of piperidine rings is 1. The fourth-order valence-corrected chi connectivity index (χ4v) is 3.21. The maximum absolute atomic E-state index is 11.1. The van der Waals surface area contributed by atoms with Crippen LogP contribution in [0.15, 0.2) is 22.7 Å². The highest BCUT2D eigenvalue weighted by Gasteiger charge is 2.23. The first kappa shape index (κ1) is 14.3. The lowest BCUT2D eigenvalue weighted by molar-refractivity contribution is 0.100. The van der Waals surface area contributed by atoms with Gasteiger partial charge in [0.1, 0.15) is 0 Å². The highest BCUT2D eigenvalue weighted by molar-refractivity contribution is 9.10. The lowest BCUT2D eigenvalue weighted by Crippen LogP contribution is -2.39. The lowest BCUT2D eigenvalue weighted by Gasteiger charge is -2.35. The number of carbonyl (C=O) groups is 1. The molecule has 1 atom stereocenters. The van der Waals surface area contributed by atoms with Crippen molar-refractivity contribution in [2.24, 2.45) is 17.4 Å². The molecule has 0 bridgehead atoms. The van der Waals surface area contributed by atoms with Crippen molar-refractivity contribution in [3.05, 3.63) is 28.2 Å². The van der Waals surface area contributed by atoms with E-state index in [1.807, 2.05) is 6.07 Å². The minimum absolute atomic E-state index is 0.267. The Morgan fingerprint density at radius 3 is 2.53 bits per heavy atom. The Bertz CT molecular complexity index is 468. The monoisotopic (exact) mass is 325 g/mol. The summed E-state index contributed by atoms with van der Waals surface area (Å²) in [5, 5.41) is 0. The van der Waals surface area contributed by atoms with Crippen LogP contribution in [0.5, 0.6) is 0 Å². The molecular formula is C14H20BrN3O. The van der Waals surface area contributed by atoms with Gasteiger partial charge in [-0.15, -0.1) is 0 Å². The molecule has 5 heteroatoms. The Labute approximate surface area is 122 Å². The summed E-state index contributed by atoms with van der Waals surface area (Å²) in [5.41, 5.74) is 12.9. The largest absolute Gasteiger partial charge is 0.371 e. The standard InChI is InChI=1S/C14H20BrN3O/c1-9(16)10-4-6-18(7-5-10)13-3-2-11(14(17)19)8-12(13)15/h2-3,8-10H,4-7,16H2,1H3,(H2,17,19). The van der Waals surface area contributed by atoms with Crippen LogP contribution in [0.4, 0.5) is 5.69 Å². The first-order valence-electron chi connectivity index (χ1n) is 6.59. The van der Waals surface area contributed by atoms with Gasteiger partial charge in [-0.3, -0.25) is 4.79 Å². The third kappa shape index (κ3) is 3.28. The summed E-state index contributed by atoms with van der Waals surface area (Å²) in [7, 11) is 0. The molecular weight excluding hydrogens is 306 g/mol. The normalized spacial score (nSPS) is 18.4. The van der Waals surface area contributed by atoms with E-state index in [1.54, 1.807) is 12.1 Å². The van der Waals surface area contributed by atoms with Gasteiger partial charge >= 0.3 is 0 Å². The zero-order valence-electron chi connectivity index (χ0n) is 11.1. The smallest absolute Gasteiger partial charge is 0.248 e. The van der Waals surface area contributed by atoms with Gasteiger partial charge in [-0.05, 0) is 59.8 Å². The van der Waals surface area contributed by atoms with Crippen molar-refractivity contribution in [1.29, 1.82) is 0 Å². The van der Waals surface area contributed by atoms with Gasteiger partial charge in [0.15, 0.2) is 0 Å². The zero-order valence-corrected chi connectivity index (χ0v) is 12.7. The van der Waals surface area contributed by atoms with Crippen molar-refractivity contribution in [2.45, 2.75) is 25.8 Å². The average molecular weight is 326 g/mol. The third-order valence-corrected chi connectivity index (χ3v) is 4.49. The number of nitrogens with two attached hydrogens (primary N) is 2. The molecule has 1 aromatic rings. The Hall–Kier alpha value is -1.07. The molecule has 19 heavy (non-hydrogen) atoms. The highest BCUT2D eigenvalue weighted by atomic mass is 79.9. The van der Waals surface area contributed by atoms with E-state index in [9.17, 15) is 4.79 Å². The number of amides is 1. The highest BCUT2D eigenvalue weighted by Crippen LogP contribution is 2.31. The van der Waals surface area contributed by atoms with Crippen LogP contribution >= 0.6 is 15.9 Å². The molecule has 1 fully saturated rings. The average Bonchev–Trinajstić information content (AvgIpc) is 2.38. The molecule has 0 aromatic heterocycles. The molecule has 1 aromatic carbocycles. The summed E-state index contributed by atoms with van der Waals surface area (Å²) in [4.78, 5) is 13.5. The number of nitrogens with zero attached hydrogens (tertiary/aromatic N) is 1. The van der Waals surface area contributed by atoms with E-state index in [2.05, 4.69) is 27.8 Å². The molecule has 4 nitrogen and oxygen atoms in total. The molecule has 0 saturated carbocycles. The molecule has 1 saturated heterocycles. The van der Waals surface area contributed by atoms with Crippen molar-refractivity contribution < 1.29 is 4.79 Å². The summed E-state index contributed by atoms with van der Waals surface area (Å²) in [6.07, 6.45) is 2.23. The quantitative estimate of drug-likeness (QED) is 0.894. The van der Waals surface area contributed by atoms with Gasteiger partial charge in [0.05, 0.1) is 5.69 Å². The molecule has 2 rings (SSSR count). The molecule has 1 aliphatic heterocycles. The predicted molar refractivity (Wildman–Crippen MR) is 81.2 cm³/mol. The van der Waals surface area contributed by atoms with Gasteiger partial charge in [-0.1, -0.05) is 0 Å². The molecule has 1 aliphatic rings. The molecule has 1 unspecified atom stereocenters. The van der Waals surface area contributed by atoms with Crippen LogP contribution in [0.1, 0.15) is 30.1 Å². The molecule has 1 amide bonds. The maximum atomic E-state index is 11.1. The Balaban J connectivity index is 2.09. The Kier molecular flexibility index (Phi) is 4.47. The first-order chi connectivity index (χ1) is 8.99. The minimum Gasteiger partial charge on any atom is -0.371 e. The van der Waals surface area contributed by atoms with E-state index >= 15 is 0 Å². The van der Waals surface area contributed by atoms with Gasteiger partial charge in [0, 0.05) is 29.2 Å². The number of anilines is 1. The maximum Gasteiger partial charge on any atom is 0.248 e. The van der Waals surface area contributed by atoms with Crippen LogP contribution < -0.4 is 16.4 Å². The molecule has 0 radical (unpaired) electrons. The van der Waals surface area contributed by atoms with E-state index in [-0.39, 0.29) is 6.04 Å². The second kappa shape index (κ2) is 5.92. The fraction of sp³-hybridized carbons (Fsp3) is 0.500. The zero-order chi connectivity index (χ0) is 14.0. The number of hydrogen-bond acceptors (Lipinski definition) is 3. The molecule has 1 heterocycles. The van der Waals surface area contributed by atoms with E-state index in [1.165, 1.54) is 0 Å². The van der Waals surface area contributed by atoms with Crippen LogP contribution in [-0.4, -0.2) is 25.0 Å². The van der Waals surface area contributed by atoms with E-state index < -0.39 is 5.91 Å². The van der Waals surface area contributed by atoms with Crippen LogP contribution in [0, 0.1) is 5.92 Å². The van der Waals surface area contributed by atoms with Gasteiger partial charge in [0.25, 0.3) is 0 Å². The number of carbonyl (C=O) groups excluding carboxylic acids is 1.